The van der Waals surface area contributed by atoms with Crippen LogP contribution >= 0.6 is 0 Å². The van der Waals surface area contributed by atoms with Gasteiger partial charge in [0.25, 0.3) is 11.8 Å². The van der Waals surface area contributed by atoms with Gasteiger partial charge in [-0.2, -0.15) is 4.98 Å². The predicted molar refractivity (Wildman–Crippen MR) is 192 cm³/mol. The average Bonchev–Trinajstić information content (AvgIpc) is 3.77. The van der Waals surface area contributed by atoms with Gasteiger partial charge in [0.15, 0.2) is 5.82 Å². The highest BCUT2D eigenvalue weighted by molar-refractivity contribution is 6.45. The molecule has 0 saturated carbocycles. The molecule has 0 atom stereocenters. The summed E-state index contributed by atoms with van der Waals surface area (Å²) in [5.41, 5.74) is 6.34. The van der Waals surface area contributed by atoms with E-state index in [9.17, 15) is 0 Å². The second kappa shape index (κ2) is 10.3. The van der Waals surface area contributed by atoms with Gasteiger partial charge in [-0.05, 0) is 36.4 Å². The predicted octanol–water partition coefficient (Wildman–Crippen LogP) is 8.53. The van der Waals surface area contributed by atoms with E-state index in [0.29, 0.717) is 28.0 Å². The molecule has 1 aliphatic rings. The van der Waals surface area contributed by atoms with E-state index in [1.807, 2.05) is 115 Å². The van der Waals surface area contributed by atoms with Crippen molar-refractivity contribution >= 4 is 61.4 Å². The zero-order valence-electron chi connectivity index (χ0n) is 25.9. The van der Waals surface area contributed by atoms with Crippen LogP contribution < -0.4 is 4.90 Å². The van der Waals surface area contributed by atoms with E-state index in [2.05, 4.69) is 48.4 Å². The van der Waals surface area contributed by atoms with Gasteiger partial charge < -0.3 is 9.13 Å². The van der Waals surface area contributed by atoms with Crippen LogP contribution in [0.15, 0.2) is 146 Å². The number of benzene rings is 6. The Morgan fingerprint density at radius 3 is 1.43 bits per heavy atom. The molecule has 6 aromatic carbocycles. The number of fused-ring (bicyclic) bond motifs is 10. The van der Waals surface area contributed by atoms with Crippen LogP contribution in [0.5, 0.6) is 0 Å². The maximum Gasteiger partial charge on any atom is 0.270 e. The number of rotatable bonds is 4. The molecular weight excluding hydrogens is 608 g/mol. The molecule has 2 amide bonds. The van der Waals surface area contributed by atoms with Gasteiger partial charge in [0.2, 0.25) is 5.95 Å². The van der Waals surface area contributed by atoms with Crippen molar-refractivity contribution in [1.29, 1.82) is 0 Å². The maximum absolute atomic E-state index is 15.0. The van der Waals surface area contributed by atoms with Crippen LogP contribution in [-0.2, 0) is 0 Å². The fraction of sp³-hybridized carbons (Fsp3) is 0. The summed E-state index contributed by atoms with van der Waals surface area (Å²) in [6.45, 7) is 0. The van der Waals surface area contributed by atoms with Gasteiger partial charge in [-0.1, -0.05) is 103 Å². The van der Waals surface area contributed by atoms with Gasteiger partial charge in [-0.15, -0.1) is 0 Å². The van der Waals surface area contributed by atoms with Gasteiger partial charge in [0, 0.05) is 38.5 Å². The van der Waals surface area contributed by atoms with Gasteiger partial charge >= 0.3 is 0 Å². The summed E-state index contributed by atoms with van der Waals surface area (Å²) in [6.07, 6.45) is 1.35. The molecular formula is C41H24N6O2. The Morgan fingerprint density at radius 1 is 0.469 bits per heavy atom. The van der Waals surface area contributed by atoms with E-state index in [0.717, 1.165) is 54.4 Å². The Labute approximate surface area is 279 Å². The second-order valence-corrected chi connectivity index (χ2v) is 12.0. The minimum absolute atomic E-state index is 0.0221. The van der Waals surface area contributed by atoms with Crippen LogP contribution in [0.25, 0.3) is 66.4 Å². The van der Waals surface area contributed by atoms with Crippen molar-refractivity contribution in [2.24, 2.45) is 0 Å². The molecule has 0 bridgehead atoms. The van der Waals surface area contributed by atoms with Crippen molar-refractivity contribution in [3.05, 3.63) is 157 Å². The Morgan fingerprint density at radius 2 is 0.918 bits per heavy atom. The highest BCUT2D eigenvalue weighted by Gasteiger charge is 2.44. The van der Waals surface area contributed by atoms with Gasteiger partial charge in [0.05, 0.1) is 33.2 Å². The average molecular weight is 633 g/mol. The lowest BCUT2D eigenvalue weighted by Gasteiger charge is -2.12. The molecule has 8 heteroatoms. The van der Waals surface area contributed by atoms with Crippen LogP contribution in [0.2, 0.25) is 0 Å². The van der Waals surface area contributed by atoms with Crippen molar-refractivity contribution in [2.45, 2.75) is 0 Å². The van der Waals surface area contributed by atoms with Gasteiger partial charge in [-0.3, -0.25) is 9.59 Å². The number of hydrogen-bond donors (Lipinski definition) is 0. The molecule has 10 rings (SSSR count). The summed E-state index contributed by atoms with van der Waals surface area (Å²) in [6, 6.07) is 45.7. The van der Waals surface area contributed by atoms with Gasteiger partial charge in [-0.25, -0.2) is 14.9 Å². The summed E-state index contributed by atoms with van der Waals surface area (Å²) >= 11 is 0. The van der Waals surface area contributed by atoms with E-state index >= 15 is 9.59 Å². The largest absolute Gasteiger partial charge is 0.308 e. The van der Waals surface area contributed by atoms with Crippen molar-refractivity contribution < 1.29 is 9.59 Å². The minimum Gasteiger partial charge on any atom is -0.308 e. The van der Waals surface area contributed by atoms with Crippen LogP contribution in [0.4, 0.5) is 5.95 Å². The first-order valence-corrected chi connectivity index (χ1v) is 16.0. The van der Waals surface area contributed by atoms with Gasteiger partial charge in [0.1, 0.15) is 6.33 Å². The minimum atomic E-state index is -0.484. The van der Waals surface area contributed by atoms with Crippen LogP contribution in [0.3, 0.4) is 0 Å². The zero-order chi connectivity index (χ0) is 32.6. The van der Waals surface area contributed by atoms with E-state index < -0.39 is 11.8 Å². The SMILES string of the molecule is O=C1c2c(c3c(c4ccccc4n3-c3ccccc3)c3c4ccccc4n(-c4ccccc4)c23)C(=O)N1c1ncnc(-c2ccccc2)n1. The molecule has 49 heavy (non-hydrogen) atoms. The number of nitrogens with zero attached hydrogens (tertiary/aromatic N) is 6. The molecule has 0 radical (unpaired) electrons. The molecule has 0 spiro atoms. The van der Waals surface area contributed by atoms with Crippen LogP contribution in [0.1, 0.15) is 20.7 Å². The smallest absolute Gasteiger partial charge is 0.270 e. The number of anilines is 1. The van der Waals surface area contributed by atoms with E-state index in [1.54, 1.807) is 0 Å². The van der Waals surface area contributed by atoms with Crippen molar-refractivity contribution in [2.75, 3.05) is 4.90 Å². The number of carbonyl (C=O) groups excluding carboxylic acids is 2. The third-order valence-corrected chi connectivity index (χ3v) is 9.38. The number of carbonyl (C=O) groups is 2. The Balaban J connectivity index is 1.40. The number of amides is 2. The number of para-hydroxylation sites is 4. The highest BCUT2D eigenvalue weighted by atomic mass is 16.2. The summed E-state index contributed by atoms with van der Waals surface area (Å²) < 4.78 is 4.21. The normalized spacial score (nSPS) is 12.9. The summed E-state index contributed by atoms with van der Waals surface area (Å²) in [4.78, 5) is 44.6. The lowest BCUT2D eigenvalue weighted by Crippen LogP contribution is -2.31. The number of imide groups is 1. The molecule has 0 saturated heterocycles. The third kappa shape index (κ3) is 3.76. The first kappa shape index (κ1) is 27.2. The fourth-order valence-corrected chi connectivity index (χ4v) is 7.42. The molecule has 4 heterocycles. The monoisotopic (exact) mass is 632 g/mol. The topological polar surface area (TPSA) is 85.9 Å². The Bertz CT molecular complexity index is 2650. The zero-order valence-corrected chi connectivity index (χ0v) is 25.9. The standard InChI is InChI=1S/C41H24N6O2/c48-39-34-35(40(49)47(39)41-43-24-42-38(44-41)25-14-4-1-5-15-25)37-33(29-21-11-13-23-31(29)46(37)27-18-8-3-9-19-27)32-28-20-10-12-22-30(28)45(36(32)34)26-16-6-2-7-17-26/h1-24H. The van der Waals surface area contributed by atoms with E-state index in [-0.39, 0.29) is 5.95 Å². The summed E-state index contributed by atoms with van der Waals surface area (Å²) in [5, 5.41) is 3.77. The van der Waals surface area contributed by atoms with Crippen molar-refractivity contribution in [1.82, 2.24) is 24.1 Å². The molecule has 0 aliphatic carbocycles. The van der Waals surface area contributed by atoms with Crippen molar-refractivity contribution in [3.63, 3.8) is 0 Å². The Kier molecular flexibility index (Phi) is 5.71. The molecule has 3 aromatic heterocycles. The quantitative estimate of drug-likeness (QED) is 0.182. The Hall–Kier alpha value is -6.93. The number of hydrogen-bond acceptors (Lipinski definition) is 5. The van der Waals surface area contributed by atoms with Crippen LogP contribution in [0, 0.1) is 0 Å². The maximum atomic E-state index is 15.0. The molecule has 1 aliphatic heterocycles. The molecule has 8 nitrogen and oxygen atoms in total. The molecule has 0 fully saturated rings. The van der Waals surface area contributed by atoms with Crippen molar-refractivity contribution in [3.8, 4) is 22.8 Å². The first-order valence-electron chi connectivity index (χ1n) is 16.0. The van der Waals surface area contributed by atoms with E-state index in [4.69, 9.17) is 0 Å². The first-order chi connectivity index (χ1) is 24.2. The second-order valence-electron chi connectivity index (χ2n) is 12.0. The highest BCUT2D eigenvalue weighted by Crippen LogP contribution is 2.48. The summed E-state index contributed by atoms with van der Waals surface area (Å²) in [7, 11) is 0. The van der Waals surface area contributed by atoms with E-state index in [1.165, 1.54) is 6.33 Å². The lowest BCUT2D eigenvalue weighted by atomic mass is 9.98. The molecule has 9 aromatic rings. The summed E-state index contributed by atoms with van der Waals surface area (Å²) in [5.74, 6) is -0.621. The number of aromatic nitrogens is 5. The molecule has 230 valence electrons. The third-order valence-electron chi connectivity index (χ3n) is 9.38. The fourth-order valence-electron chi connectivity index (χ4n) is 7.42. The lowest BCUT2D eigenvalue weighted by molar-refractivity contribution is 0.0924. The van der Waals surface area contributed by atoms with Crippen LogP contribution in [-0.4, -0.2) is 35.9 Å². The molecule has 0 N–H and O–H groups in total. The molecule has 0 unspecified atom stereocenters.